The van der Waals surface area contributed by atoms with Gasteiger partial charge in [-0.1, -0.05) is 16.5 Å². The number of nitrogens with one attached hydrogen (secondary N) is 1. The van der Waals surface area contributed by atoms with Gasteiger partial charge in [0, 0.05) is 6.07 Å². The predicted molar refractivity (Wildman–Crippen MR) is 74.7 cm³/mol. The lowest BCUT2D eigenvalue weighted by atomic mass is 10.3. The Morgan fingerprint density at radius 2 is 2.26 bits per heavy atom. The summed E-state index contributed by atoms with van der Waals surface area (Å²) in [6, 6.07) is 7.75. The third-order valence-electron chi connectivity index (χ3n) is 2.69. The molecule has 0 saturated heterocycles. The maximum atomic E-state index is 5.20. The molecule has 6 heteroatoms. The van der Waals surface area contributed by atoms with E-state index in [0.29, 0.717) is 6.54 Å². The quantitative estimate of drug-likeness (QED) is 0.792. The highest BCUT2D eigenvalue weighted by atomic mass is 32.1. The van der Waals surface area contributed by atoms with Crippen LogP contribution in [0.15, 0.2) is 28.8 Å². The van der Waals surface area contributed by atoms with Crippen LogP contribution in [0.1, 0.15) is 11.5 Å². The van der Waals surface area contributed by atoms with Crippen molar-refractivity contribution in [3.8, 4) is 5.75 Å². The summed E-state index contributed by atoms with van der Waals surface area (Å²) in [6.45, 7) is 2.48. The standard InChI is InChI=1S/C13H13N3O2S/c1-8-5-9(16-18-8)7-14-13-15-11-4-3-10(17-2)6-12(11)19-13/h3-6H,7H2,1-2H3,(H,14,15). The number of hydrogen-bond donors (Lipinski definition) is 1. The van der Waals surface area contributed by atoms with Crippen LogP contribution in [0.25, 0.3) is 10.2 Å². The number of aromatic nitrogens is 2. The molecule has 0 fully saturated rings. The number of thiazole rings is 1. The summed E-state index contributed by atoms with van der Waals surface area (Å²) < 4.78 is 11.3. The largest absolute Gasteiger partial charge is 0.497 e. The Morgan fingerprint density at radius 3 is 3.00 bits per heavy atom. The Balaban J connectivity index is 1.77. The molecular weight excluding hydrogens is 262 g/mol. The van der Waals surface area contributed by atoms with Gasteiger partial charge < -0.3 is 14.6 Å². The molecule has 98 valence electrons. The summed E-state index contributed by atoms with van der Waals surface area (Å²) in [5.41, 5.74) is 1.83. The molecule has 3 aromatic rings. The molecule has 2 aromatic heterocycles. The first kappa shape index (κ1) is 12.0. The van der Waals surface area contributed by atoms with Crippen molar-refractivity contribution in [3.05, 3.63) is 35.7 Å². The van der Waals surface area contributed by atoms with Crippen molar-refractivity contribution < 1.29 is 9.26 Å². The Kier molecular flexibility index (Phi) is 3.08. The van der Waals surface area contributed by atoms with E-state index in [-0.39, 0.29) is 0 Å². The van der Waals surface area contributed by atoms with Gasteiger partial charge in [-0.05, 0) is 25.1 Å². The van der Waals surface area contributed by atoms with Gasteiger partial charge in [-0.2, -0.15) is 0 Å². The van der Waals surface area contributed by atoms with E-state index in [4.69, 9.17) is 9.26 Å². The van der Waals surface area contributed by atoms with Crippen LogP contribution in [0, 0.1) is 6.92 Å². The number of ether oxygens (including phenoxy) is 1. The van der Waals surface area contributed by atoms with Crippen LogP contribution in [0.3, 0.4) is 0 Å². The lowest BCUT2D eigenvalue weighted by Crippen LogP contribution is -1.98. The molecule has 1 aromatic carbocycles. The molecule has 0 bridgehead atoms. The summed E-state index contributed by atoms with van der Waals surface area (Å²) >= 11 is 1.59. The number of methoxy groups -OCH3 is 1. The molecular formula is C13H13N3O2S. The molecule has 0 unspecified atom stereocenters. The molecule has 0 saturated carbocycles. The molecule has 1 N–H and O–H groups in total. The third-order valence-corrected chi connectivity index (χ3v) is 3.67. The Hall–Kier alpha value is -2.08. The zero-order valence-corrected chi connectivity index (χ0v) is 11.5. The highest BCUT2D eigenvalue weighted by Gasteiger charge is 2.06. The van der Waals surface area contributed by atoms with Gasteiger partial charge >= 0.3 is 0 Å². The Morgan fingerprint density at radius 1 is 1.37 bits per heavy atom. The van der Waals surface area contributed by atoms with Crippen molar-refractivity contribution in [2.24, 2.45) is 0 Å². The van der Waals surface area contributed by atoms with E-state index in [1.807, 2.05) is 31.2 Å². The second-order valence-electron chi connectivity index (χ2n) is 4.14. The zero-order valence-electron chi connectivity index (χ0n) is 10.6. The second kappa shape index (κ2) is 4.89. The summed E-state index contributed by atoms with van der Waals surface area (Å²) in [7, 11) is 1.66. The summed E-state index contributed by atoms with van der Waals surface area (Å²) in [5.74, 6) is 1.65. The Bertz CT molecular complexity index is 705. The third kappa shape index (κ3) is 2.53. The number of nitrogens with zero attached hydrogens (tertiary/aromatic N) is 2. The van der Waals surface area contributed by atoms with Gasteiger partial charge in [-0.3, -0.25) is 0 Å². The molecule has 19 heavy (non-hydrogen) atoms. The van der Waals surface area contributed by atoms with Gasteiger partial charge in [-0.25, -0.2) is 4.98 Å². The molecule has 0 spiro atoms. The first-order valence-corrected chi connectivity index (χ1v) is 6.67. The van der Waals surface area contributed by atoms with Crippen LogP contribution >= 0.6 is 11.3 Å². The van der Waals surface area contributed by atoms with Crippen molar-refractivity contribution >= 4 is 26.7 Å². The van der Waals surface area contributed by atoms with E-state index >= 15 is 0 Å². The van der Waals surface area contributed by atoms with Crippen molar-refractivity contribution in [3.63, 3.8) is 0 Å². The molecule has 0 aliphatic heterocycles. The van der Waals surface area contributed by atoms with E-state index in [9.17, 15) is 0 Å². The van der Waals surface area contributed by atoms with Crippen molar-refractivity contribution in [2.75, 3.05) is 12.4 Å². The lowest BCUT2D eigenvalue weighted by molar-refractivity contribution is 0.391. The Labute approximate surface area is 114 Å². The van der Waals surface area contributed by atoms with Crippen LogP contribution < -0.4 is 10.1 Å². The fourth-order valence-corrected chi connectivity index (χ4v) is 2.66. The van der Waals surface area contributed by atoms with Gasteiger partial charge in [0.15, 0.2) is 5.13 Å². The number of anilines is 1. The second-order valence-corrected chi connectivity index (χ2v) is 5.17. The molecule has 2 heterocycles. The van der Waals surface area contributed by atoms with Crippen LogP contribution in [-0.4, -0.2) is 17.3 Å². The fourth-order valence-electron chi connectivity index (χ4n) is 1.77. The van der Waals surface area contributed by atoms with E-state index in [2.05, 4.69) is 15.5 Å². The number of fused-ring (bicyclic) bond motifs is 1. The highest BCUT2D eigenvalue weighted by Crippen LogP contribution is 2.29. The van der Waals surface area contributed by atoms with E-state index in [1.165, 1.54) is 0 Å². The SMILES string of the molecule is COc1ccc2nc(NCc3cc(C)on3)sc2c1. The van der Waals surface area contributed by atoms with Crippen LogP contribution in [0.4, 0.5) is 5.13 Å². The van der Waals surface area contributed by atoms with Gasteiger partial charge in [0.05, 0.1) is 23.9 Å². The monoisotopic (exact) mass is 275 g/mol. The van der Waals surface area contributed by atoms with Crippen LogP contribution in [0.2, 0.25) is 0 Å². The van der Waals surface area contributed by atoms with Crippen LogP contribution in [-0.2, 0) is 6.54 Å². The first-order chi connectivity index (χ1) is 9.24. The molecule has 0 radical (unpaired) electrons. The molecule has 5 nitrogen and oxygen atoms in total. The number of hydrogen-bond acceptors (Lipinski definition) is 6. The van der Waals surface area contributed by atoms with E-state index in [0.717, 1.165) is 32.6 Å². The average molecular weight is 275 g/mol. The maximum Gasteiger partial charge on any atom is 0.184 e. The number of rotatable bonds is 4. The summed E-state index contributed by atoms with van der Waals surface area (Å²) in [4.78, 5) is 4.50. The zero-order chi connectivity index (χ0) is 13.2. The van der Waals surface area contributed by atoms with Crippen molar-refractivity contribution in [2.45, 2.75) is 13.5 Å². The molecule has 0 atom stereocenters. The molecule has 0 amide bonds. The minimum atomic E-state index is 0.605. The summed E-state index contributed by atoms with van der Waals surface area (Å²) in [6.07, 6.45) is 0. The maximum absolute atomic E-state index is 5.20. The molecule has 3 rings (SSSR count). The van der Waals surface area contributed by atoms with Gasteiger partial charge in [0.1, 0.15) is 17.2 Å². The van der Waals surface area contributed by atoms with E-state index < -0.39 is 0 Å². The minimum absolute atomic E-state index is 0.605. The van der Waals surface area contributed by atoms with Crippen molar-refractivity contribution in [1.82, 2.24) is 10.1 Å². The number of aryl methyl sites for hydroxylation is 1. The summed E-state index contributed by atoms with van der Waals surface area (Å²) in [5, 5.41) is 8.04. The topological polar surface area (TPSA) is 60.2 Å². The van der Waals surface area contributed by atoms with Gasteiger partial charge in [0.25, 0.3) is 0 Å². The van der Waals surface area contributed by atoms with Gasteiger partial charge in [-0.15, -0.1) is 0 Å². The smallest absolute Gasteiger partial charge is 0.184 e. The molecule has 0 aliphatic carbocycles. The normalized spacial score (nSPS) is 10.8. The highest BCUT2D eigenvalue weighted by molar-refractivity contribution is 7.22. The fraction of sp³-hybridized carbons (Fsp3) is 0.231. The molecule has 0 aliphatic rings. The van der Waals surface area contributed by atoms with Crippen molar-refractivity contribution in [1.29, 1.82) is 0 Å². The predicted octanol–water partition coefficient (Wildman–Crippen LogP) is 3.21. The lowest BCUT2D eigenvalue weighted by Gasteiger charge is -1.96. The average Bonchev–Trinajstić information content (AvgIpc) is 3.01. The van der Waals surface area contributed by atoms with E-state index in [1.54, 1.807) is 18.4 Å². The van der Waals surface area contributed by atoms with Crippen LogP contribution in [0.5, 0.6) is 5.75 Å². The van der Waals surface area contributed by atoms with Gasteiger partial charge in [0.2, 0.25) is 0 Å². The minimum Gasteiger partial charge on any atom is -0.497 e. The first-order valence-electron chi connectivity index (χ1n) is 5.85. The number of benzene rings is 1.